The molecule has 7 nitrogen and oxygen atoms in total. The van der Waals surface area contributed by atoms with Crippen molar-refractivity contribution < 1.29 is 36.6 Å². The minimum absolute atomic E-state index is 0.0129. The predicted molar refractivity (Wildman–Crippen MR) is 97.7 cm³/mol. The Labute approximate surface area is 171 Å². The van der Waals surface area contributed by atoms with Crippen molar-refractivity contribution in [3.63, 3.8) is 0 Å². The number of rotatable bonds is 6. The van der Waals surface area contributed by atoms with E-state index < -0.39 is 42.8 Å². The Bertz CT molecular complexity index is 921. The quantitative estimate of drug-likeness (QED) is 0.584. The molecule has 3 N–H and O–H groups in total. The highest BCUT2D eigenvalue weighted by molar-refractivity contribution is 7.17. The van der Waals surface area contributed by atoms with Gasteiger partial charge in [-0.1, -0.05) is 0 Å². The number of halogens is 5. The summed E-state index contributed by atoms with van der Waals surface area (Å²) in [6.45, 7) is 0.324. The number of alkyl halides is 5. The van der Waals surface area contributed by atoms with Crippen LogP contribution in [0.2, 0.25) is 0 Å². The van der Waals surface area contributed by atoms with Crippen molar-refractivity contribution in [2.75, 3.05) is 25.1 Å². The predicted octanol–water partition coefficient (Wildman–Crippen LogP) is 2.91. The molecule has 0 aromatic carbocycles. The van der Waals surface area contributed by atoms with Crippen LogP contribution in [0.15, 0.2) is 12.3 Å². The molecule has 2 unspecified atom stereocenters. The van der Waals surface area contributed by atoms with Gasteiger partial charge in [0.15, 0.2) is 5.01 Å². The normalized spacial score (nSPS) is 19.3. The first kappa shape index (κ1) is 22.3. The van der Waals surface area contributed by atoms with Crippen LogP contribution in [0.5, 0.6) is 0 Å². The van der Waals surface area contributed by atoms with Crippen LogP contribution >= 0.6 is 11.3 Å². The van der Waals surface area contributed by atoms with Crippen molar-refractivity contribution in [3.05, 3.63) is 28.5 Å². The number of aliphatic hydroxyl groups excluding tert-OH is 1. The monoisotopic (exact) mass is 452 g/mol. The average molecular weight is 452 g/mol. The molecule has 2 aromatic rings. The lowest BCUT2D eigenvalue weighted by molar-refractivity contribution is -0.115. The molecule has 30 heavy (non-hydrogen) atoms. The number of pyridine rings is 1. The molecule has 0 bridgehead atoms. The van der Waals surface area contributed by atoms with Crippen LogP contribution in [-0.2, 0) is 4.74 Å². The van der Waals surface area contributed by atoms with Gasteiger partial charge in [-0.15, -0.1) is 11.3 Å². The number of amides is 1. The molecule has 13 heteroatoms. The van der Waals surface area contributed by atoms with Gasteiger partial charge in [-0.25, -0.2) is 18.7 Å². The molecule has 3 rings (SSSR count). The molecular formula is C17H17F5N4O3S. The number of carbonyl (C=O) groups is 1. The maximum Gasteiger partial charge on any atom is 0.405 e. The van der Waals surface area contributed by atoms with Crippen molar-refractivity contribution in [1.29, 1.82) is 0 Å². The zero-order valence-corrected chi connectivity index (χ0v) is 16.3. The second kappa shape index (κ2) is 8.78. The topological polar surface area (TPSA) is 96.4 Å². The Balaban J connectivity index is 1.85. The lowest BCUT2D eigenvalue weighted by atomic mass is 10.1. The molecule has 1 fully saturated rings. The average Bonchev–Trinajstić information content (AvgIpc) is 3.25. The van der Waals surface area contributed by atoms with E-state index >= 15 is 0 Å². The van der Waals surface area contributed by atoms with Crippen molar-refractivity contribution in [1.82, 2.24) is 15.3 Å². The van der Waals surface area contributed by atoms with Gasteiger partial charge in [-0.2, -0.15) is 13.2 Å². The van der Waals surface area contributed by atoms with Gasteiger partial charge in [-0.05, 0) is 13.0 Å². The van der Waals surface area contributed by atoms with E-state index in [0.29, 0.717) is 0 Å². The summed E-state index contributed by atoms with van der Waals surface area (Å²) < 4.78 is 69.2. The van der Waals surface area contributed by atoms with Crippen molar-refractivity contribution in [3.8, 4) is 10.4 Å². The Morgan fingerprint density at radius 1 is 1.40 bits per heavy atom. The third kappa shape index (κ3) is 5.21. The number of aromatic nitrogens is 2. The number of nitrogens with one attached hydrogen (secondary N) is 2. The number of carbonyl (C=O) groups excluding carboxylic acids is 1. The van der Waals surface area contributed by atoms with Gasteiger partial charge in [0.25, 0.3) is 12.3 Å². The van der Waals surface area contributed by atoms with Gasteiger partial charge in [0.05, 0.1) is 35.9 Å². The Kier molecular flexibility index (Phi) is 6.53. The summed E-state index contributed by atoms with van der Waals surface area (Å²) in [7, 11) is 0. The molecule has 3 heterocycles. The van der Waals surface area contributed by atoms with Crippen LogP contribution in [0.3, 0.4) is 0 Å². The van der Waals surface area contributed by atoms with E-state index in [-0.39, 0.29) is 40.2 Å². The fourth-order valence-corrected chi connectivity index (χ4v) is 3.78. The van der Waals surface area contributed by atoms with Crippen LogP contribution in [0.25, 0.3) is 10.4 Å². The Morgan fingerprint density at radius 3 is 2.73 bits per heavy atom. The highest BCUT2D eigenvalue weighted by Crippen LogP contribution is 2.37. The second-order valence-corrected chi connectivity index (χ2v) is 7.54. The van der Waals surface area contributed by atoms with Gasteiger partial charge < -0.3 is 20.5 Å². The Morgan fingerprint density at radius 2 is 2.13 bits per heavy atom. The SMILES string of the molecule is Cc1nc(C(=O)NC2COCC2O)sc1-c1cnc(NCC(F)(F)F)cc1C(F)F. The van der Waals surface area contributed by atoms with E-state index in [4.69, 9.17) is 4.74 Å². The number of hydrogen-bond acceptors (Lipinski definition) is 7. The Hall–Kier alpha value is -2.38. The number of nitrogens with zero attached hydrogens (tertiary/aromatic N) is 2. The third-order valence-corrected chi connectivity index (χ3v) is 5.43. The number of aliphatic hydroxyl groups is 1. The van der Waals surface area contributed by atoms with Gasteiger partial charge in [-0.3, -0.25) is 4.79 Å². The fraction of sp³-hybridized carbons (Fsp3) is 0.471. The van der Waals surface area contributed by atoms with Gasteiger partial charge in [0, 0.05) is 17.3 Å². The first-order valence-electron chi connectivity index (χ1n) is 8.68. The van der Waals surface area contributed by atoms with Gasteiger partial charge in [0.2, 0.25) is 0 Å². The summed E-state index contributed by atoms with van der Waals surface area (Å²) in [5, 5.41) is 14.2. The van der Waals surface area contributed by atoms with Crippen molar-refractivity contribution in [2.24, 2.45) is 0 Å². The second-order valence-electron chi connectivity index (χ2n) is 6.54. The first-order valence-corrected chi connectivity index (χ1v) is 9.50. The lowest BCUT2D eigenvalue weighted by Gasteiger charge is -2.13. The molecule has 0 spiro atoms. The maximum atomic E-state index is 13.6. The van der Waals surface area contributed by atoms with Crippen LogP contribution < -0.4 is 10.6 Å². The molecule has 164 valence electrons. The highest BCUT2D eigenvalue weighted by atomic mass is 32.1. The van der Waals surface area contributed by atoms with Crippen molar-refractivity contribution in [2.45, 2.75) is 31.7 Å². The number of ether oxygens (including phenoxy) is 1. The minimum atomic E-state index is -4.53. The molecule has 2 aromatic heterocycles. The van der Waals surface area contributed by atoms with E-state index in [1.807, 2.05) is 5.32 Å². The van der Waals surface area contributed by atoms with E-state index in [9.17, 15) is 31.9 Å². The molecule has 0 saturated carbocycles. The van der Waals surface area contributed by atoms with Gasteiger partial charge >= 0.3 is 6.18 Å². The fourth-order valence-electron chi connectivity index (χ4n) is 2.78. The first-order chi connectivity index (χ1) is 14.0. The molecule has 0 radical (unpaired) electrons. The summed E-state index contributed by atoms with van der Waals surface area (Å²) in [6.07, 6.45) is -7.35. The van der Waals surface area contributed by atoms with E-state index in [0.717, 1.165) is 23.6 Å². The molecule has 1 amide bonds. The maximum absolute atomic E-state index is 13.6. The minimum Gasteiger partial charge on any atom is -0.388 e. The largest absolute Gasteiger partial charge is 0.405 e. The van der Waals surface area contributed by atoms with Crippen LogP contribution in [0.1, 0.15) is 27.5 Å². The molecule has 1 aliphatic heterocycles. The molecular weight excluding hydrogens is 435 g/mol. The zero-order valence-electron chi connectivity index (χ0n) is 15.5. The highest BCUT2D eigenvalue weighted by Gasteiger charge is 2.30. The molecule has 1 aliphatic rings. The summed E-state index contributed by atoms with van der Waals surface area (Å²) in [6, 6.07) is 0.235. The lowest BCUT2D eigenvalue weighted by Crippen LogP contribution is -2.42. The molecule has 2 atom stereocenters. The number of hydrogen-bond donors (Lipinski definition) is 3. The summed E-state index contributed by atoms with van der Waals surface area (Å²) in [5.41, 5.74) is -0.276. The number of anilines is 1. The zero-order chi connectivity index (χ0) is 22.1. The number of thiazole rings is 1. The van der Waals surface area contributed by atoms with E-state index in [1.165, 1.54) is 6.92 Å². The van der Waals surface area contributed by atoms with E-state index in [1.54, 1.807) is 0 Å². The molecule has 0 aliphatic carbocycles. The standard InChI is InChI=1S/C17H17F5N4O3S/c1-7-13(30-16(25-7)15(28)26-10-4-29-5-11(10)27)9-3-23-12(2-8(9)14(18)19)24-6-17(20,21)22/h2-3,10-11,14,27H,4-6H2,1H3,(H,23,24)(H,26,28). The molecule has 1 saturated heterocycles. The van der Waals surface area contributed by atoms with Gasteiger partial charge in [0.1, 0.15) is 12.4 Å². The van der Waals surface area contributed by atoms with E-state index in [2.05, 4.69) is 15.3 Å². The van der Waals surface area contributed by atoms with Crippen LogP contribution in [0, 0.1) is 6.92 Å². The summed E-state index contributed by atoms with van der Waals surface area (Å²) in [4.78, 5) is 20.5. The smallest absolute Gasteiger partial charge is 0.388 e. The number of aryl methyl sites for hydroxylation is 1. The summed E-state index contributed by atoms with van der Waals surface area (Å²) in [5.74, 6) is -0.944. The third-order valence-electron chi connectivity index (χ3n) is 4.24. The summed E-state index contributed by atoms with van der Waals surface area (Å²) >= 11 is 0.841. The van der Waals surface area contributed by atoms with Crippen LogP contribution in [-0.4, -0.2) is 59.1 Å². The van der Waals surface area contributed by atoms with Crippen molar-refractivity contribution >= 4 is 23.1 Å². The van der Waals surface area contributed by atoms with Crippen LogP contribution in [0.4, 0.5) is 27.8 Å².